The molecule has 1 rings (SSSR count). The number of hydrogen-bond donors (Lipinski definition) is 11. The van der Waals surface area contributed by atoms with E-state index in [0.717, 1.165) is 4.90 Å². The molecule has 1 fully saturated rings. The third-order valence-electron chi connectivity index (χ3n) is 8.02. The van der Waals surface area contributed by atoms with Gasteiger partial charge in [-0.25, -0.2) is 4.79 Å². The SMILES string of the molecule is CCC(C)C(NC(=O)C(CO)NC(=O)C(CS)NC(=O)C(CO)NC(=O)C1CCCN1C(=O)C(N)CC(=O)O)C(=O)NC(CCSC)C(=O)O. The monoisotopic (exact) mass is 751 g/mol. The fourth-order valence-corrected chi connectivity index (χ4v) is 5.63. The van der Waals surface area contributed by atoms with Crippen LogP contribution in [-0.2, 0) is 38.4 Å². The van der Waals surface area contributed by atoms with Gasteiger partial charge in [-0.2, -0.15) is 24.4 Å². The first-order chi connectivity index (χ1) is 23.6. The number of thioether (sulfide) groups is 1. The van der Waals surface area contributed by atoms with Gasteiger partial charge in [-0.1, -0.05) is 20.3 Å². The predicted octanol–water partition coefficient (Wildman–Crippen LogP) is -4.00. The lowest BCUT2D eigenvalue weighted by molar-refractivity contribution is -0.144. The first kappa shape index (κ1) is 44.4. The highest BCUT2D eigenvalue weighted by Crippen LogP contribution is 2.19. The molecule has 0 spiro atoms. The molecule has 6 amide bonds. The molecule has 1 saturated heterocycles. The van der Waals surface area contributed by atoms with E-state index < -0.39 is 115 Å². The Morgan fingerprint density at radius 3 is 1.92 bits per heavy atom. The molecule has 19 nitrogen and oxygen atoms in total. The zero-order chi connectivity index (χ0) is 38.1. The van der Waals surface area contributed by atoms with Gasteiger partial charge in [0.2, 0.25) is 35.4 Å². The molecule has 0 aliphatic carbocycles. The minimum atomic E-state index is -1.61. The number of aliphatic carboxylic acids is 2. The highest BCUT2D eigenvalue weighted by atomic mass is 32.2. The van der Waals surface area contributed by atoms with Crippen molar-refractivity contribution in [1.82, 2.24) is 31.5 Å². The Kier molecular flexibility index (Phi) is 19.7. The number of rotatable bonds is 22. The molecule has 1 aliphatic rings. The van der Waals surface area contributed by atoms with Crippen LogP contribution in [0.1, 0.15) is 46.0 Å². The van der Waals surface area contributed by atoms with E-state index in [-0.39, 0.29) is 25.1 Å². The van der Waals surface area contributed by atoms with Crippen molar-refractivity contribution in [1.29, 1.82) is 0 Å². The third-order valence-corrected chi connectivity index (χ3v) is 9.02. The van der Waals surface area contributed by atoms with Gasteiger partial charge in [-0.3, -0.25) is 33.6 Å². The van der Waals surface area contributed by atoms with Crippen LogP contribution in [0.2, 0.25) is 0 Å². The number of carboxylic acids is 2. The molecule has 11 N–H and O–H groups in total. The molecule has 8 unspecified atom stereocenters. The molecule has 0 bridgehead atoms. The van der Waals surface area contributed by atoms with Crippen molar-refractivity contribution in [3.8, 4) is 0 Å². The summed E-state index contributed by atoms with van der Waals surface area (Å²) < 4.78 is 0. The third kappa shape index (κ3) is 13.6. The van der Waals surface area contributed by atoms with Crippen molar-refractivity contribution in [2.24, 2.45) is 11.7 Å². The molecule has 284 valence electrons. The second-order valence-electron chi connectivity index (χ2n) is 11.7. The van der Waals surface area contributed by atoms with Gasteiger partial charge in [0.05, 0.1) is 25.7 Å². The number of nitrogens with two attached hydrogens (primary N) is 1. The zero-order valence-electron chi connectivity index (χ0n) is 28.1. The van der Waals surface area contributed by atoms with Crippen molar-refractivity contribution in [3.63, 3.8) is 0 Å². The van der Waals surface area contributed by atoms with Crippen LogP contribution < -0.4 is 32.3 Å². The van der Waals surface area contributed by atoms with E-state index in [1.54, 1.807) is 20.1 Å². The Morgan fingerprint density at radius 2 is 1.40 bits per heavy atom. The standard InChI is InChI=1S/C29H49N7O12S2/c1-4-14(2)22(27(45)31-16(29(47)48)7-9-50-3)35-24(42)18(12-38)32-25(43)19(13-49)34-23(41)17(11-37)33-26(44)20-6-5-8-36(20)28(46)15(30)10-21(39)40/h14-20,22,37-38,49H,4-13,30H2,1-3H3,(H,31,45)(H,32,43)(H,33,44)(H,34,41)(H,35,42)(H,39,40)(H,47,48). The van der Waals surface area contributed by atoms with Crippen LogP contribution in [0.5, 0.6) is 0 Å². The number of amides is 6. The van der Waals surface area contributed by atoms with Crippen LogP contribution >= 0.6 is 24.4 Å². The van der Waals surface area contributed by atoms with Gasteiger partial charge in [-0.15, -0.1) is 0 Å². The van der Waals surface area contributed by atoms with Gasteiger partial charge in [0.15, 0.2) is 0 Å². The fourth-order valence-electron chi connectivity index (χ4n) is 4.90. The average Bonchev–Trinajstić information content (AvgIpc) is 3.57. The second kappa shape index (κ2) is 22.2. The normalized spacial score (nSPS) is 18.3. The van der Waals surface area contributed by atoms with E-state index in [1.807, 2.05) is 0 Å². The van der Waals surface area contributed by atoms with Gasteiger partial charge in [0.25, 0.3) is 0 Å². The van der Waals surface area contributed by atoms with Crippen LogP contribution in [0, 0.1) is 5.92 Å². The Bertz CT molecular complexity index is 1230. The molecule has 1 heterocycles. The van der Waals surface area contributed by atoms with Crippen LogP contribution in [-0.4, -0.2) is 153 Å². The number of aliphatic hydroxyl groups excluding tert-OH is 2. The van der Waals surface area contributed by atoms with Crippen LogP contribution in [0.15, 0.2) is 0 Å². The predicted molar refractivity (Wildman–Crippen MR) is 183 cm³/mol. The number of hydrogen-bond acceptors (Lipinski definition) is 13. The zero-order valence-corrected chi connectivity index (χ0v) is 29.8. The molecule has 8 atom stereocenters. The molecule has 0 saturated carbocycles. The quantitative estimate of drug-likeness (QED) is 0.0470. The second-order valence-corrected chi connectivity index (χ2v) is 13.0. The molecule has 0 radical (unpaired) electrons. The maximum atomic E-state index is 13.1. The molecule has 0 aromatic carbocycles. The topological polar surface area (TPSA) is 307 Å². The van der Waals surface area contributed by atoms with Gasteiger partial charge < -0.3 is 57.6 Å². The summed E-state index contributed by atoms with van der Waals surface area (Å²) in [5.74, 6) is -8.26. The van der Waals surface area contributed by atoms with Crippen molar-refractivity contribution < 1.29 is 58.8 Å². The van der Waals surface area contributed by atoms with Crippen LogP contribution in [0.4, 0.5) is 0 Å². The number of thiol groups is 1. The number of carbonyl (C=O) groups excluding carboxylic acids is 6. The minimum absolute atomic E-state index is 0.117. The van der Waals surface area contributed by atoms with E-state index in [1.165, 1.54) is 11.8 Å². The number of nitrogens with zero attached hydrogens (tertiary/aromatic N) is 1. The van der Waals surface area contributed by atoms with E-state index in [4.69, 9.17) is 10.8 Å². The highest BCUT2D eigenvalue weighted by molar-refractivity contribution is 7.98. The highest BCUT2D eigenvalue weighted by Gasteiger charge is 2.39. The average molecular weight is 752 g/mol. The van der Waals surface area contributed by atoms with Gasteiger partial charge in [0, 0.05) is 12.3 Å². The first-order valence-electron chi connectivity index (χ1n) is 15.9. The number of likely N-dealkylation sites (tertiary alicyclic amines) is 1. The van der Waals surface area contributed by atoms with Gasteiger partial charge >= 0.3 is 11.9 Å². The Hall–Kier alpha value is -3.66. The number of carbonyl (C=O) groups is 8. The lowest BCUT2D eigenvalue weighted by Crippen LogP contribution is -2.61. The number of carboxylic acid groups (broad SMARTS) is 2. The molecular weight excluding hydrogens is 702 g/mol. The Labute approximate surface area is 299 Å². The van der Waals surface area contributed by atoms with Crippen molar-refractivity contribution in [2.45, 2.75) is 88.2 Å². The lowest BCUT2D eigenvalue weighted by Gasteiger charge is -2.28. The summed E-state index contributed by atoms with van der Waals surface area (Å²) in [6.07, 6.45) is 2.24. The summed E-state index contributed by atoms with van der Waals surface area (Å²) in [5.41, 5.74) is 5.66. The van der Waals surface area contributed by atoms with E-state index in [2.05, 4.69) is 39.2 Å². The lowest BCUT2D eigenvalue weighted by atomic mass is 9.97. The fraction of sp³-hybridized carbons (Fsp3) is 0.724. The molecule has 50 heavy (non-hydrogen) atoms. The van der Waals surface area contributed by atoms with Gasteiger partial charge in [0.1, 0.15) is 36.3 Å². The Morgan fingerprint density at radius 1 is 0.860 bits per heavy atom. The summed E-state index contributed by atoms with van der Waals surface area (Å²) in [6, 6.07) is -9.57. The minimum Gasteiger partial charge on any atom is -0.481 e. The van der Waals surface area contributed by atoms with Crippen molar-refractivity contribution >= 4 is 71.8 Å². The molecule has 21 heteroatoms. The van der Waals surface area contributed by atoms with Crippen molar-refractivity contribution in [3.05, 3.63) is 0 Å². The number of nitrogens with one attached hydrogen (secondary N) is 5. The van der Waals surface area contributed by atoms with E-state index in [9.17, 15) is 53.7 Å². The summed E-state index contributed by atoms with van der Waals surface area (Å²) in [6.45, 7) is 1.67. The van der Waals surface area contributed by atoms with E-state index >= 15 is 0 Å². The summed E-state index contributed by atoms with van der Waals surface area (Å²) in [7, 11) is 0. The van der Waals surface area contributed by atoms with Crippen LogP contribution in [0.3, 0.4) is 0 Å². The molecule has 1 aliphatic heterocycles. The summed E-state index contributed by atoms with van der Waals surface area (Å²) >= 11 is 5.45. The molecular formula is C29H49N7O12S2. The summed E-state index contributed by atoms with van der Waals surface area (Å²) in [5, 5.41) is 49.9. The van der Waals surface area contributed by atoms with Gasteiger partial charge in [-0.05, 0) is 37.2 Å². The largest absolute Gasteiger partial charge is 0.481 e. The molecule has 0 aromatic heterocycles. The molecule has 0 aromatic rings. The smallest absolute Gasteiger partial charge is 0.326 e. The number of aliphatic hydroxyl groups is 2. The first-order valence-corrected chi connectivity index (χ1v) is 17.9. The summed E-state index contributed by atoms with van der Waals surface area (Å²) in [4.78, 5) is 101. The maximum absolute atomic E-state index is 13.1. The van der Waals surface area contributed by atoms with Crippen molar-refractivity contribution in [2.75, 3.05) is 37.5 Å². The van der Waals surface area contributed by atoms with Crippen LogP contribution in [0.25, 0.3) is 0 Å². The maximum Gasteiger partial charge on any atom is 0.326 e. The Balaban J connectivity index is 2.94. The van der Waals surface area contributed by atoms with E-state index in [0.29, 0.717) is 18.6 Å².